The van der Waals surface area contributed by atoms with Crippen molar-refractivity contribution < 1.29 is 27.9 Å². The predicted octanol–water partition coefficient (Wildman–Crippen LogP) is 2.71. The highest BCUT2D eigenvalue weighted by atomic mass is 19.4. The van der Waals surface area contributed by atoms with E-state index in [2.05, 4.69) is 4.90 Å². The van der Waals surface area contributed by atoms with Crippen molar-refractivity contribution in [3.8, 4) is 0 Å². The fraction of sp³-hybridized carbons (Fsp3) is 0.556. The summed E-state index contributed by atoms with van der Waals surface area (Å²) < 4.78 is 38.7. The van der Waals surface area contributed by atoms with Gasteiger partial charge < -0.3 is 14.9 Å². The molecule has 2 heterocycles. The number of carboxylic acid groups (broad SMARTS) is 1. The van der Waals surface area contributed by atoms with Crippen LogP contribution in [0.3, 0.4) is 0 Å². The smallest absolute Gasteiger partial charge is 0.465 e. The molecule has 1 atom stereocenters. The molecule has 148 valence electrons. The monoisotopic (exact) mass is 385 g/mol. The third-order valence-corrected chi connectivity index (χ3v) is 5.21. The lowest BCUT2D eigenvalue weighted by molar-refractivity contribution is -0.186. The lowest BCUT2D eigenvalue weighted by Crippen LogP contribution is -2.48. The minimum absolute atomic E-state index is 0.106. The number of amides is 2. The van der Waals surface area contributed by atoms with E-state index < -0.39 is 24.2 Å². The number of benzene rings is 1. The van der Waals surface area contributed by atoms with Crippen LogP contribution in [-0.4, -0.2) is 70.7 Å². The predicted molar refractivity (Wildman–Crippen MR) is 91.1 cm³/mol. The molecular formula is C18H22F3N3O3. The SMILES string of the molecule is O=C(O)N1CCN(Cc2ccccc2C2CCCN2C(=O)C(F)(F)F)CC1. The van der Waals surface area contributed by atoms with Crippen LogP contribution in [0.25, 0.3) is 0 Å². The zero-order chi connectivity index (χ0) is 19.6. The Morgan fingerprint density at radius 1 is 1.07 bits per heavy atom. The van der Waals surface area contributed by atoms with Gasteiger partial charge in [-0.2, -0.15) is 13.2 Å². The molecule has 27 heavy (non-hydrogen) atoms. The van der Waals surface area contributed by atoms with Gasteiger partial charge in [0.15, 0.2) is 0 Å². The van der Waals surface area contributed by atoms with E-state index in [0.717, 1.165) is 16.0 Å². The molecule has 9 heteroatoms. The van der Waals surface area contributed by atoms with E-state index in [-0.39, 0.29) is 6.54 Å². The van der Waals surface area contributed by atoms with Crippen LogP contribution in [0.1, 0.15) is 30.0 Å². The lowest BCUT2D eigenvalue weighted by Gasteiger charge is -2.34. The molecule has 0 spiro atoms. The molecule has 0 saturated carbocycles. The first kappa shape index (κ1) is 19.5. The van der Waals surface area contributed by atoms with Crippen LogP contribution in [0.4, 0.5) is 18.0 Å². The first-order valence-electron chi connectivity index (χ1n) is 8.93. The van der Waals surface area contributed by atoms with Crippen molar-refractivity contribution in [2.24, 2.45) is 0 Å². The van der Waals surface area contributed by atoms with E-state index in [9.17, 15) is 22.8 Å². The number of halogens is 3. The zero-order valence-corrected chi connectivity index (χ0v) is 14.8. The number of piperazine rings is 1. The van der Waals surface area contributed by atoms with Gasteiger partial charge in [-0.3, -0.25) is 9.69 Å². The van der Waals surface area contributed by atoms with Crippen LogP contribution in [0.2, 0.25) is 0 Å². The maximum absolute atomic E-state index is 12.9. The van der Waals surface area contributed by atoms with E-state index in [1.165, 1.54) is 4.90 Å². The van der Waals surface area contributed by atoms with Crippen LogP contribution < -0.4 is 0 Å². The number of alkyl halides is 3. The van der Waals surface area contributed by atoms with Crippen molar-refractivity contribution in [2.45, 2.75) is 31.6 Å². The van der Waals surface area contributed by atoms with E-state index in [1.54, 1.807) is 12.1 Å². The van der Waals surface area contributed by atoms with Crippen molar-refractivity contribution in [3.05, 3.63) is 35.4 Å². The zero-order valence-electron chi connectivity index (χ0n) is 14.8. The Morgan fingerprint density at radius 3 is 2.37 bits per heavy atom. The van der Waals surface area contributed by atoms with Gasteiger partial charge in [0.05, 0.1) is 6.04 Å². The summed E-state index contributed by atoms with van der Waals surface area (Å²) in [6, 6.07) is 6.69. The highest BCUT2D eigenvalue weighted by Crippen LogP contribution is 2.37. The van der Waals surface area contributed by atoms with Gasteiger partial charge in [0.1, 0.15) is 0 Å². The van der Waals surface area contributed by atoms with Crippen molar-refractivity contribution in [1.82, 2.24) is 14.7 Å². The number of likely N-dealkylation sites (tertiary alicyclic amines) is 1. The number of hydrogen-bond donors (Lipinski definition) is 1. The normalized spacial score (nSPS) is 21.5. The van der Waals surface area contributed by atoms with E-state index in [0.29, 0.717) is 45.6 Å². The summed E-state index contributed by atoms with van der Waals surface area (Å²) in [6.07, 6.45) is -4.77. The Bertz CT molecular complexity index is 703. The molecule has 2 fully saturated rings. The molecule has 1 aromatic rings. The minimum atomic E-state index is -4.87. The Balaban J connectivity index is 1.74. The second kappa shape index (κ2) is 7.75. The highest BCUT2D eigenvalue weighted by Gasteiger charge is 2.46. The van der Waals surface area contributed by atoms with Gasteiger partial charge in [-0.1, -0.05) is 24.3 Å². The molecular weight excluding hydrogens is 363 g/mol. The standard InChI is InChI=1S/C18H22F3N3O3/c19-18(20,21)16(25)24-7-3-6-15(24)14-5-2-1-4-13(14)12-22-8-10-23(11-9-22)17(26)27/h1-2,4-5,15H,3,6-12H2,(H,26,27). The van der Waals surface area contributed by atoms with Crippen LogP contribution in [-0.2, 0) is 11.3 Å². The van der Waals surface area contributed by atoms with Crippen molar-refractivity contribution in [1.29, 1.82) is 0 Å². The summed E-state index contributed by atoms with van der Waals surface area (Å²) in [6.45, 7) is 2.56. The van der Waals surface area contributed by atoms with Gasteiger partial charge in [0.25, 0.3) is 0 Å². The molecule has 0 aromatic heterocycles. The average molecular weight is 385 g/mol. The van der Waals surface area contributed by atoms with Crippen molar-refractivity contribution in [2.75, 3.05) is 32.7 Å². The Kier molecular flexibility index (Phi) is 5.59. The summed E-state index contributed by atoms with van der Waals surface area (Å²) in [7, 11) is 0. The molecule has 0 aliphatic carbocycles. The lowest BCUT2D eigenvalue weighted by atomic mass is 9.97. The topological polar surface area (TPSA) is 64.1 Å². The molecule has 0 radical (unpaired) electrons. The van der Waals surface area contributed by atoms with Gasteiger partial charge in [-0.05, 0) is 24.0 Å². The molecule has 6 nitrogen and oxygen atoms in total. The number of carbonyl (C=O) groups is 2. The molecule has 0 bridgehead atoms. The first-order chi connectivity index (χ1) is 12.8. The van der Waals surface area contributed by atoms with Gasteiger partial charge in [0, 0.05) is 39.3 Å². The summed E-state index contributed by atoms with van der Waals surface area (Å²) in [5.41, 5.74) is 1.63. The van der Waals surface area contributed by atoms with Crippen LogP contribution in [0.15, 0.2) is 24.3 Å². The molecule has 2 amide bonds. The Morgan fingerprint density at radius 2 is 1.74 bits per heavy atom. The second-order valence-electron chi connectivity index (χ2n) is 6.90. The maximum atomic E-state index is 12.9. The number of carbonyl (C=O) groups excluding carboxylic acids is 1. The number of nitrogens with zero attached hydrogens (tertiary/aromatic N) is 3. The quantitative estimate of drug-likeness (QED) is 0.869. The Labute approximate surface area is 155 Å². The highest BCUT2D eigenvalue weighted by molar-refractivity contribution is 5.82. The first-order valence-corrected chi connectivity index (χ1v) is 8.93. The van der Waals surface area contributed by atoms with Gasteiger partial charge >= 0.3 is 18.2 Å². The van der Waals surface area contributed by atoms with E-state index in [4.69, 9.17) is 5.11 Å². The third kappa shape index (κ3) is 4.35. The molecule has 2 aliphatic heterocycles. The van der Waals surface area contributed by atoms with Crippen LogP contribution in [0, 0.1) is 0 Å². The average Bonchev–Trinajstić information content (AvgIpc) is 3.10. The third-order valence-electron chi connectivity index (χ3n) is 5.21. The fourth-order valence-electron chi connectivity index (χ4n) is 3.84. The molecule has 1 N–H and O–H groups in total. The van der Waals surface area contributed by atoms with E-state index in [1.807, 2.05) is 12.1 Å². The summed E-state index contributed by atoms with van der Waals surface area (Å²) in [5, 5.41) is 9.03. The number of hydrogen-bond acceptors (Lipinski definition) is 3. The summed E-state index contributed by atoms with van der Waals surface area (Å²) in [4.78, 5) is 27.2. The van der Waals surface area contributed by atoms with E-state index >= 15 is 0 Å². The largest absolute Gasteiger partial charge is 0.471 e. The molecule has 2 aliphatic rings. The minimum Gasteiger partial charge on any atom is -0.465 e. The van der Waals surface area contributed by atoms with Crippen molar-refractivity contribution >= 4 is 12.0 Å². The fourth-order valence-corrected chi connectivity index (χ4v) is 3.84. The van der Waals surface area contributed by atoms with Gasteiger partial charge in [-0.25, -0.2) is 4.79 Å². The molecule has 1 unspecified atom stereocenters. The summed E-state index contributed by atoms with van der Waals surface area (Å²) >= 11 is 0. The second-order valence-corrected chi connectivity index (χ2v) is 6.90. The van der Waals surface area contributed by atoms with Crippen LogP contribution >= 0.6 is 0 Å². The Hall–Kier alpha value is -2.29. The maximum Gasteiger partial charge on any atom is 0.471 e. The molecule has 2 saturated heterocycles. The van der Waals surface area contributed by atoms with Gasteiger partial charge in [0.2, 0.25) is 0 Å². The number of rotatable bonds is 3. The molecule has 3 rings (SSSR count). The summed E-state index contributed by atoms with van der Waals surface area (Å²) in [5.74, 6) is -1.78. The van der Waals surface area contributed by atoms with Crippen molar-refractivity contribution in [3.63, 3.8) is 0 Å². The van der Waals surface area contributed by atoms with Crippen LogP contribution in [0.5, 0.6) is 0 Å². The van der Waals surface area contributed by atoms with Gasteiger partial charge in [-0.15, -0.1) is 0 Å². The molecule has 1 aromatic carbocycles.